The van der Waals surface area contributed by atoms with Crippen molar-refractivity contribution in [2.75, 3.05) is 26.8 Å². The van der Waals surface area contributed by atoms with E-state index >= 15 is 0 Å². The van der Waals surface area contributed by atoms with Crippen molar-refractivity contribution < 1.29 is 19.2 Å². The average molecular weight is 281 g/mol. The molecule has 7 heteroatoms. The minimum absolute atomic E-state index is 0.0830. The van der Waals surface area contributed by atoms with Crippen molar-refractivity contribution >= 4 is 0 Å². The van der Waals surface area contributed by atoms with Crippen LogP contribution in [0.25, 0.3) is 11.5 Å². The van der Waals surface area contributed by atoms with Gasteiger partial charge < -0.3 is 19.2 Å². The lowest BCUT2D eigenvalue weighted by molar-refractivity contribution is 0.0394. The fraction of sp³-hybridized carbons (Fsp3) is 0.538. The average Bonchev–Trinajstić information content (AvgIpc) is 3.08. The molecular weight excluding hydrogens is 262 g/mol. The molecule has 0 amide bonds. The molecule has 0 spiro atoms. The number of furan rings is 1. The van der Waals surface area contributed by atoms with Crippen LogP contribution in [0.1, 0.15) is 12.7 Å². The summed E-state index contributed by atoms with van der Waals surface area (Å²) in [6, 6.07) is 1.75. The maximum Gasteiger partial charge on any atom is 0.261 e. The fourth-order valence-corrected chi connectivity index (χ4v) is 1.92. The largest absolute Gasteiger partial charge is 0.472 e. The molecule has 7 nitrogen and oxygen atoms in total. The Morgan fingerprint density at radius 1 is 1.35 bits per heavy atom. The Labute approximate surface area is 116 Å². The van der Waals surface area contributed by atoms with Gasteiger partial charge in [-0.05, 0) is 13.1 Å². The number of aliphatic hydroxyl groups excluding tert-OH is 2. The second-order valence-electron chi connectivity index (χ2n) is 5.33. The van der Waals surface area contributed by atoms with E-state index in [1.807, 2.05) is 18.9 Å². The molecule has 2 aromatic rings. The lowest BCUT2D eigenvalue weighted by Crippen LogP contribution is -2.38. The van der Waals surface area contributed by atoms with Gasteiger partial charge in [0.05, 0.1) is 31.6 Å². The van der Waals surface area contributed by atoms with E-state index in [2.05, 4.69) is 10.1 Å². The van der Waals surface area contributed by atoms with Gasteiger partial charge in [-0.3, -0.25) is 4.90 Å². The highest BCUT2D eigenvalue weighted by Gasteiger charge is 2.25. The van der Waals surface area contributed by atoms with Crippen LogP contribution < -0.4 is 0 Å². The van der Waals surface area contributed by atoms with Crippen molar-refractivity contribution in [1.29, 1.82) is 0 Å². The summed E-state index contributed by atoms with van der Waals surface area (Å²) in [4.78, 5) is 6.20. The highest BCUT2D eigenvalue weighted by molar-refractivity contribution is 5.49. The molecule has 110 valence electrons. The molecule has 0 aliphatic carbocycles. The first kappa shape index (κ1) is 14.7. The smallest absolute Gasteiger partial charge is 0.261 e. The van der Waals surface area contributed by atoms with Gasteiger partial charge in [0.15, 0.2) is 5.82 Å². The molecule has 0 aromatic carbocycles. The maximum atomic E-state index is 9.28. The summed E-state index contributed by atoms with van der Waals surface area (Å²) in [7, 11) is 1.87. The molecule has 0 bridgehead atoms. The Bertz CT molecular complexity index is 519. The van der Waals surface area contributed by atoms with Crippen LogP contribution in [-0.4, -0.2) is 52.1 Å². The summed E-state index contributed by atoms with van der Waals surface area (Å²) in [5.74, 6) is 0.955. The van der Waals surface area contributed by atoms with Gasteiger partial charge in [-0.1, -0.05) is 12.1 Å². The predicted octanol–water partition coefficient (Wildman–Crippen LogP) is 0.752. The lowest BCUT2D eigenvalue weighted by Gasteiger charge is -2.29. The van der Waals surface area contributed by atoms with Crippen LogP contribution in [0.4, 0.5) is 0 Å². The molecule has 2 N–H and O–H groups in total. The summed E-state index contributed by atoms with van der Waals surface area (Å²) in [6.07, 6.45) is 3.08. The number of aliphatic hydroxyl groups is 2. The van der Waals surface area contributed by atoms with Crippen molar-refractivity contribution in [1.82, 2.24) is 15.0 Å². The molecule has 20 heavy (non-hydrogen) atoms. The molecular formula is C13H19N3O4. The van der Waals surface area contributed by atoms with Gasteiger partial charge in [0.25, 0.3) is 5.89 Å². The Morgan fingerprint density at radius 3 is 2.70 bits per heavy atom. The highest BCUT2D eigenvalue weighted by Crippen LogP contribution is 2.19. The van der Waals surface area contributed by atoms with Crippen molar-refractivity contribution in [3.8, 4) is 11.5 Å². The lowest BCUT2D eigenvalue weighted by atomic mass is 9.92. The van der Waals surface area contributed by atoms with Crippen LogP contribution in [0.2, 0.25) is 0 Å². The Hall–Kier alpha value is -1.70. The third-order valence-electron chi connectivity index (χ3n) is 3.06. The number of aromatic nitrogens is 2. The van der Waals surface area contributed by atoms with Gasteiger partial charge in [-0.2, -0.15) is 4.98 Å². The molecule has 0 aliphatic heterocycles. The molecule has 0 aliphatic rings. The van der Waals surface area contributed by atoms with Gasteiger partial charge >= 0.3 is 0 Å². The van der Waals surface area contributed by atoms with E-state index in [4.69, 9.17) is 8.94 Å². The summed E-state index contributed by atoms with van der Waals surface area (Å²) < 4.78 is 10.1. The van der Waals surface area contributed by atoms with Gasteiger partial charge in [0, 0.05) is 12.0 Å². The van der Waals surface area contributed by atoms with Gasteiger partial charge in [-0.25, -0.2) is 0 Å². The quantitative estimate of drug-likeness (QED) is 0.773. The zero-order valence-electron chi connectivity index (χ0n) is 11.6. The standard InChI is InChI=1S/C13H19N3O4/c1-13(8-17,9-18)7-16(2)5-11-14-12(20-15-11)10-3-4-19-6-10/h3-4,6,17-18H,5,7-9H2,1-2H3. The van der Waals surface area contributed by atoms with E-state index in [1.54, 1.807) is 12.3 Å². The minimum Gasteiger partial charge on any atom is -0.472 e. The van der Waals surface area contributed by atoms with Crippen LogP contribution in [0, 0.1) is 5.41 Å². The molecule has 2 rings (SSSR count). The first-order valence-electron chi connectivity index (χ1n) is 6.32. The van der Waals surface area contributed by atoms with Crippen molar-refractivity contribution in [3.63, 3.8) is 0 Å². The van der Waals surface area contributed by atoms with Crippen molar-refractivity contribution in [2.45, 2.75) is 13.5 Å². The summed E-state index contributed by atoms with van der Waals surface area (Å²) in [6.45, 7) is 2.64. The van der Waals surface area contributed by atoms with Crippen LogP contribution in [-0.2, 0) is 6.54 Å². The second kappa shape index (κ2) is 6.17. The van der Waals surface area contributed by atoms with E-state index in [-0.39, 0.29) is 13.2 Å². The van der Waals surface area contributed by atoms with E-state index in [0.29, 0.717) is 24.8 Å². The third-order valence-corrected chi connectivity index (χ3v) is 3.06. The number of hydrogen-bond donors (Lipinski definition) is 2. The molecule has 0 saturated carbocycles. The van der Waals surface area contributed by atoms with Crippen LogP contribution in [0.15, 0.2) is 27.5 Å². The predicted molar refractivity (Wildman–Crippen MR) is 70.6 cm³/mol. The first-order valence-corrected chi connectivity index (χ1v) is 6.32. The van der Waals surface area contributed by atoms with Crippen molar-refractivity contribution in [3.05, 3.63) is 24.4 Å². The summed E-state index contributed by atoms with van der Waals surface area (Å²) in [5.41, 5.74) is 0.188. The molecule has 0 radical (unpaired) electrons. The SMILES string of the molecule is CN(Cc1noc(-c2ccoc2)n1)CC(C)(CO)CO. The maximum absolute atomic E-state index is 9.28. The molecule has 0 unspecified atom stereocenters. The van der Waals surface area contributed by atoms with Crippen LogP contribution in [0.3, 0.4) is 0 Å². The first-order chi connectivity index (χ1) is 9.56. The van der Waals surface area contributed by atoms with Gasteiger partial charge in [0.1, 0.15) is 6.26 Å². The van der Waals surface area contributed by atoms with Crippen LogP contribution in [0.5, 0.6) is 0 Å². The van der Waals surface area contributed by atoms with E-state index in [9.17, 15) is 10.2 Å². The normalized spacial score (nSPS) is 12.2. The zero-order chi connectivity index (χ0) is 14.6. The number of nitrogens with zero attached hydrogens (tertiary/aromatic N) is 3. The monoisotopic (exact) mass is 281 g/mol. The van der Waals surface area contributed by atoms with Crippen LogP contribution >= 0.6 is 0 Å². The highest BCUT2D eigenvalue weighted by atomic mass is 16.5. The zero-order valence-corrected chi connectivity index (χ0v) is 11.6. The van der Waals surface area contributed by atoms with Crippen molar-refractivity contribution in [2.24, 2.45) is 5.41 Å². The number of hydrogen-bond acceptors (Lipinski definition) is 7. The molecule has 0 atom stereocenters. The topological polar surface area (TPSA) is 95.8 Å². The Balaban J connectivity index is 1.97. The van der Waals surface area contributed by atoms with Gasteiger partial charge in [0.2, 0.25) is 0 Å². The number of rotatable bonds is 7. The molecule has 0 saturated heterocycles. The van der Waals surface area contributed by atoms with E-state index in [1.165, 1.54) is 6.26 Å². The van der Waals surface area contributed by atoms with E-state index in [0.717, 1.165) is 5.56 Å². The summed E-state index contributed by atoms with van der Waals surface area (Å²) >= 11 is 0. The minimum atomic E-state index is -0.550. The second-order valence-corrected chi connectivity index (χ2v) is 5.33. The van der Waals surface area contributed by atoms with E-state index < -0.39 is 5.41 Å². The summed E-state index contributed by atoms with van der Waals surface area (Å²) in [5, 5.41) is 22.5. The fourth-order valence-electron chi connectivity index (χ4n) is 1.92. The Morgan fingerprint density at radius 2 is 2.10 bits per heavy atom. The Kier molecular flexibility index (Phi) is 4.53. The molecule has 2 heterocycles. The molecule has 2 aromatic heterocycles. The van der Waals surface area contributed by atoms with Gasteiger partial charge in [-0.15, -0.1) is 0 Å². The third kappa shape index (κ3) is 3.44. The molecule has 0 fully saturated rings.